The molecule has 1 unspecified atom stereocenters. The summed E-state index contributed by atoms with van der Waals surface area (Å²) in [5.74, 6) is 0.199. The number of amides is 2. The van der Waals surface area contributed by atoms with E-state index < -0.39 is 0 Å². The lowest BCUT2D eigenvalue weighted by Crippen LogP contribution is -2.51. The third-order valence-corrected chi connectivity index (χ3v) is 8.13. The van der Waals surface area contributed by atoms with Gasteiger partial charge in [0.1, 0.15) is 0 Å². The van der Waals surface area contributed by atoms with E-state index in [1.54, 1.807) is 6.07 Å². The lowest BCUT2D eigenvalue weighted by Gasteiger charge is -2.41. The van der Waals surface area contributed by atoms with Gasteiger partial charge >= 0.3 is 0 Å². The highest BCUT2D eigenvalue weighted by Gasteiger charge is 2.41. The highest BCUT2D eigenvalue weighted by atomic mass is 16.2. The van der Waals surface area contributed by atoms with Gasteiger partial charge in [0.25, 0.3) is 0 Å². The number of hydrogen-bond donors (Lipinski definition) is 2. The van der Waals surface area contributed by atoms with E-state index in [1.807, 2.05) is 36.4 Å². The number of piperidine rings is 1. The maximum Gasteiger partial charge on any atom is 0.248 e. The number of primary amides is 1. The second-order valence-corrected chi connectivity index (χ2v) is 10.7. The predicted molar refractivity (Wildman–Crippen MR) is 147 cm³/mol. The van der Waals surface area contributed by atoms with Crippen molar-refractivity contribution in [3.63, 3.8) is 0 Å². The first-order chi connectivity index (χ1) is 18.0. The number of carbonyl (C=O) groups is 2. The maximum atomic E-state index is 13.0. The number of nitrogens with two attached hydrogens (primary N) is 1. The van der Waals surface area contributed by atoms with Gasteiger partial charge in [0.2, 0.25) is 11.8 Å². The van der Waals surface area contributed by atoms with E-state index in [0.717, 1.165) is 32.2 Å². The highest BCUT2D eigenvalue weighted by Crippen LogP contribution is 2.43. The van der Waals surface area contributed by atoms with Crippen LogP contribution in [0.5, 0.6) is 0 Å². The molecule has 2 aliphatic heterocycles. The zero-order chi connectivity index (χ0) is 25.6. The molecular formula is C32H37N3O2. The van der Waals surface area contributed by atoms with Crippen LogP contribution >= 0.6 is 0 Å². The minimum atomic E-state index is -0.367. The van der Waals surface area contributed by atoms with Gasteiger partial charge in [0.15, 0.2) is 0 Å². The molecule has 0 aromatic heterocycles. The monoisotopic (exact) mass is 495 g/mol. The Labute approximate surface area is 220 Å². The Morgan fingerprint density at radius 3 is 2.16 bits per heavy atom. The van der Waals surface area contributed by atoms with E-state index in [0.29, 0.717) is 30.0 Å². The molecule has 0 spiro atoms. The van der Waals surface area contributed by atoms with Crippen LogP contribution in [-0.4, -0.2) is 41.4 Å². The first-order valence-corrected chi connectivity index (χ1v) is 13.6. The van der Waals surface area contributed by atoms with Crippen LogP contribution in [0.25, 0.3) is 0 Å². The van der Waals surface area contributed by atoms with Crippen molar-refractivity contribution in [1.29, 1.82) is 0 Å². The summed E-state index contributed by atoms with van der Waals surface area (Å²) in [5.41, 5.74) is 9.79. The molecule has 2 amide bonds. The standard InChI is InChI=1S/C32H37N3O2/c33-32(37)26-13-7-12-25(19-26)27-20-29-15-16-30(21-27)35(29)22-28(18-24-10-5-2-6-11-24)34-31(36)17-14-23-8-3-1-4-9-23/h1-13,19,27-30H,14-18,20-22H2,(H2,33,37)(H,34,36)/t28?,29-,30-/m1/s1. The minimum Gasteiger partial charge on any atom is -0.366 e. The molecule has 3 aromatic rings. The Hall–Kier alpha value is -3.44. The first kappa shape index (κ1) is 25.2. The average Bonchev–Trinajstić information content (AvgIpc) is 3.14. The van der Waals surface area contributed by atoms with Crippen molar-refractivity contribution in [1.82, 2.24) is 10.2 Å². The number of nitrogens with zero attached hydrogens (tertiary/aromatic N) is 1. The number of rotatable bonds is 10. The van der Waals surface area contributed by atoms with Crippen LogP contribution in [0.2, 0.25) is 0 Å². The summed E-state index contributed by atoms with van der Waals surface area (Å²) < 4.78 is 0. The smallest absolute Gasteiger partial charge is 0.248 e. The third-order valence-electron chi connectivity index (χ3n) is 8.13. The average molecular weight is 496 g/mol. The number of aryl methyl sites for hydroxylation is 1. The Balaban J connectivity index is 1.25. The van der Waals surface area contributed by atoms with Gasteiger partial charge in [-0.1, -0.05) is 72.8 Å². The molecule has 3 atom stereocenters. The van der Waals surface area contributed by atoms with Crippen LogP contribution in [0.1, 0.15) is 65.1 Å². The molecule has 3 aromatic carbocycles. The van der Waals surface area contributed by atoms with Gasteiger partial charge in [-0.05, 0) is 73.3 Å². The van der Waals surface area contributed by atoms with Gasteiger partial charge in [-0.25, -0.2) is 0 Å². The topological polar surface area (TPSA) is 75.4 Å². The zero-order valence-electron chi connectivity index (χ0n) is 21.4. The van der Waals surface area contributed by atoms with Crippen molar-refractivity contribution in [2.75, 3.05) is 6.54 Å². The van der Waals surface area contributed by atoms with Crippen molar-refractivity contribution >= 4 is 11.8 Å². The Bertz CT molecular complexity index is 1180. The second-order valence-electron chi connectivity index (χ2n) is 10.7. The molecule has 2 fully saturated rings. The molecule has 5 nitrogen and oxygen atoms in total. The third kappa shape index (κ3) is 6.47. The van der Waals surface area contributed by atoms with Crippen molar-refractivity contribution in [2.45, 2.75) is 69.0 Å². The molecule has 0 radical (unpaired) electrons. The molecule has 2 heterocycles. The first-order valence-electron chi connectivity index (χ1n) is 13.6. The van der Waals surface area contributed by atoms with Gasteiger partial charge in [-0.2, -0.15) is 0 Å². The predicted octanol–water partition coefficient (Wildman–Crippen LogP) is 4.86. The summed E-state index contributed by atoms with van der Waals surface area (Å²) in [6.07, 6.45) is 6.63. The van der Waals surface area contributed by atoms with Gasteiger partial charge in [0, 0.05) is 36.7 Å². The quantitative estimate of drug-likeness (QED) is 0.422. The summed E-state index contributed by atoms with van der Waals surface area (Å²) in [6.45, 7) is 0.870. The lowest BCUT2D eigenvalue weighted by molar-refractivity contribution is -0.122. The summed E-state index contributed by atoms with van der Waals surface area (Å²) in [5, 5.41) is 3.38. The van der Waals surface area contributed by atoms with Crippen molar-refractivity contribution < 1.29 is 9.59 Å². The van der Waals surface area contributed by atoms with Crippen LogP contribution in [0.4, 0.5) is 0 Å². The minimum absolute atomic E-state index is 0.0727. The van der Waals surface area contributed by atoms with Crippen molar-refractivity contribution in [2.24, 2.45) is 5.73 Å². The zero-order valence-corrected chi connectivity index (χ0v) is 21.4. The lowest BCUT2D eigenvalue weighted by atomic mass is 9.84. The summed E-state index contributed by atoms with van der Waals surface area (Å²) in [7, 11) is 0. The molecular weight excluding hydrogens is 458 g/mol. The molecule has 0 aliphatic carbocycles. The number of hydrogen-bond acceptors (Lipinski definition) is 3. The second kappa shape index (κ2) is 11.7. The van der Waals surface area contributed by atoms with Crippen LogP contribution in [0.3, 0.4) is 0 Å². The van der Waals surface area contributed by atoms with E-state index in [2.05, 4.69) is 52.7 Å². The van der Waals surface area contributed by atoms with E-state index >= 15 is 0 Å². The van der Waals surface area contributed by atoms with Crippen molar-refractivity contribution in [3.8, 4) is 0 Å². The number of nitrogens with one attached hydrogen (secondary N) is 1. The van der Waals surface area contributed by atoms with Crippen LogP contribution in [-0.2, 0) is 17.6 Å². The fourth-order valence-electron chi connectivity index (χ4n) is 6.31. The number of benzene rings is 3. The van der Waals surface area contributed by atoms with Gasteiger partial charge in [-0.15, -0.1) is 0 Å². The molecule has 37 heavy (non-hydrogen) atoms. The molecule has 2 aliphatic rings. The largest absolute Gasteiger partial charge is 0.366 e. The summed E-state index contributed by atoms with van der Waals surface area (Å²) in [6, 6.07) is 29.6. The Kier molecular flexibility index (Phi) is 8.00. The van der Waals surface area contributed by atoms with E-state index in [-0.39, 0.29) is 17.9 Å². The molecule has 5 heteroatoms. The molecule has 5 rings (SSSR count). The van der Waals surface area contributed by atoms with Crippen LogP contribution in [0.15, 0.2) is 84.9 Å². The van der Waals surface area contributed by atoms with E-state index in [4.69, 9.17) is 5.73 Å². The van der Waals surface area contributed by atoms with Crippen LogP contribution < -0.4 is 11.1 Å². The highest BCUT2D eigenvalue weighted by molar-refractivity contribution is 5.92. The number of fused-ring (bicyclic) bond motifs is 2. The van der Waals surface area contributed by atoms with E-state index in [1.165, 1.54) is 29.5 Å². The Morgan fingerprint density at radius 1 is 0.865 bits per heavy atom. The molecule has 0 saturated carbocycles. The normalized spacial score (nSPS) is 21.9. The van der Waals surface area contributed by atoms with Gasteiger partial charge in [0.05, 0.1) is 0 Å². The van der Waals surface area contributed by atoms with E-state index in [9.17, 15) is 9.59 Å². The summed E-state index contributed by atoms with van der Waals surface area (Å²) in [4.78, 5) is 27.3. The van der Waals surface area contributed by atoms with Gasteiger partial charge in [-0.3, -0.25) is 14.5 Å². The molecule has 2 bridgehead atoms. The van der Waals surface area contributed by atoms with Crippen LogP contribution in [0, 0.1) is 0 Å². The number of carbonyl (C=O) groups excluding carboxylic acids is 2. The molecule has 2 saturated heterocycles. The fourth-order valence-corrected chi connectivity index (χ4v) is 6.31. The maximum absolute atomic E-state index is 13.0. The fraction of sp³-hybridized carbons (Fsp3) is 0.375. The Morgan fingerprint density at radius 2 is 1.51 bits per heavy atom. The molecule has 192 valence electrons. The van der Waals surface area contributed by atoms with Gasteiger partial charge < -0.3 is 11.1 Å². The van der Waals surface area contributed by atoms with Crippen molar-refractivity contribution in [3.05, 3.63) is 107 Å². The summed E-state index contributed by atoms with van der Waals surface area (Å²) >= 11 is 0. The SMILES string of the molecule is NC(=O)c1cccc(C2C[C@H]3CC[C@H](C2)N3CC(Cc2ccccc2)NC(=O)CCc2ccccc2)c1. The molecule has 3 N–H and O–H groups in total.